The number of carbonyl (C=O) groups excluding carboxylic acids is 1. The van der Waals surface area contributed by atoms with Crippen molar-refractivity contribution in [3.63, 3.8) is 0 Å². The lowest BCUT2D eigenvalue weighted by atomic mass is 9.95. The van der Waals surface area contributed by atoms with E-state index < -0.39 is 5.92 Å². The van der Waals surface area contributed by atoms with Crippen molar-refractivity contribution in [2.75, 3.05) is 0 Å². The van der Waals surface area contributed by atoms with E-state index in [1.807, 2.05) is 0 Å². The number of nitrogens with one attached hydrogen (secondary N) is 1. The first-order valence-electron chi connectivity index (χ1n) is 4.78. The third-order valence-electron chi connectivity index (χ3n) is 2.30. The van der Waals surface area contributed by atoms with E-state index in [1.54, 1.807) is 18.2 Å². The van der Waals surface area contributed by atoms with Gasteiger partial charge in [-0.05, 0) is 24.6 Å². The van der Waals surface area contributed by atoms with Gasteiger partial charge in [-0.2, -0.15) is 5.21 Å². The maximum absolute atomic E-state index is 11.6. The van der Waals surface area contributed by atoms with E-state index in [0.717, 1.165) is 0 Å². The van der Waals surface area contributed by atoms with E-state index in [9.17, 15) is 4.79 Å². The van der Waals surface area contributed by atoms with Crippen LogP contribution in [0.4, 0.5) is 0 Å². The summed E-state index contributed by atoms with van der Waals surface area (Å²) in [6, 6.07) is 4.98. The summed E-state index contributed by atoms with van der Waals surface area (Å²) < 4.78 is 0. The van der Waals surface area contributed by atoms with Gasteiger partial charge < -0.3 is 0 Å². The molecule has 0 aliphatic heterocycles. The Labute approximate surface area is 107 Å². The lowest BCUT2D eigenvalue weighted by Crippen LogP contribution is -2.12. The fourth-order valence-electron chi connectivity index (χ4n) is 1.55. The molecule has 1 heterocycles. The lowest BCUT2D eigenvalue weighted by Gasteiger charge is -2.10. The highest BCUT2D eigenvalue weighted by Crippen LogP contribution is 2.29. The second-order valence-corrected chi connectivity index (χ2v) is 4.30. The van der Waals surface area contributed by atoms with Crippen molar-refractivity contribution < 1.29 is 4.79 Å². The van der Waals surface area contributed by atoms with Crippen molar-refractivity contribution in [1.82, 2.24) is 20.6 Å². The molecular weight excluding hydrogens is 263 g/mol. The van der Waals surface area contributed by atoms with Crippen LogP contribution >= 0.6 is 23.2 Å². The number of rotatable bonds is 3. The van der Waals surface area contributed by atoms with Crippen molar-refractivity contribution in [2.24, 2.45) is 0 Å². The molecule has 0 saturated carbocycles. The van der Waals surface area contributed by atoms with Crippen LogP contribution in [0.15, 0.2) is 18.2 Å². The average Bonchev–Trinajstić information content (AvgIpc) is 2.76. The van der Waals surface area contributed by atoms with Crippen LogP contribution < -0.4 is 0 Å². The van der Waals surface area contributed by atoms with E-state index >= 15 is 0 Å². The third-order valence-corrected chi connectivity index (χ3v) is 3.04. The molecule has 0 aliphatic carbocycles. The summed E-state index contributed by atoms with van der Waals surface area (Å²) in [6.45, 7) is 1.46. The van der Waals surface area contributed by atoms with Gasteiger partial charge >= 0.3 is 0 Å². The SMILES string of the molecule is CC(=O)C(c1ccc(Cl)c(Cl)c1)c1nn[nH]n1. The summed E-state index contributed by atoms with van der Waals surface area (Å²) in [6.07, 6.45) is 0. The molecule has 2 rings (SSSR count). The summed E-state index contributed by atoms with van der Waals surface area (Å²) >= 11 is 11.7. The van der Waals surface area contributed by atoms with Gasteiger partial charge in [-0.3, -0.25) is 4.79 Å². The molecule has 1 aromatic carbocycles. The van der Waals surface area contributed by atoms with Crippen molar-refractivity contribution in [2.45, 2.75) is 12.8 Å². The first-order chi connectivity index (χ1) is 8.09. The highest BCUT2D eigenvalue weighted by Gasteiger charge is 2.23. The Morgan fingerprint density at radius 3 is 2.65 bits per heavy atom. The number of hydrogen-bond donors (Lipinski definition) is 1. The third kappa shape index (κ3) is 2.45. The number of carbonyl (C=O) groups is 1. The lowest BCUT2D eigenvalue weighted by molar-refractivity contribution is -0.117. The smallest absolute Gasteiger partial charge is 0.189 e. The number of nitrogens with zero attached hydrogens (tertiary/aromatic N) is 3. The minimum Gasteiger partial charge on any atom is -0.299 e. The molecule has 0 fully saturated rings. The molecule has 0 saturated heterocycles. The number of aromatic nitrogens is 4. The molecule has 5 nitrogen and oxygen atoms in total. The molecule has 0 spiro atoms. The molecule has 1 N–H and O–H groups in total. The molecule has 1 unspecified atom stereocenters. The highest BCUT2D eigenvalue weighted by atomic mass is 35.5. The first kappa shape index (κ1) is 12.0. The highest BCUT2D eigenvalue weighted by molar-refractivity contribution is 6.42. The summed E-state index contributed by atoms with van der Waals surface area (Å²) in [5, 5.41) is 14.2. The number of Topliss-reactive ketones (excluding diaryl/α,β-unsaturated/α-hetero) is 1. The zero-order valence-corrected chi connectivity index (χ0v) is 10.3. The molecule has 0 aliphatic rings. The molecule has 0 radical (unpaired) electrons. The van der Waals surface area contributed by atoms with Crippen molar-refractivity contribution >= 4 is 29.0 Å². The Bertz CT molecular complexity index is 541. The van der Waals surface area contributed by atoms with Gasteiger partial charge in [0.05, 0.1) is 10.0 Å². The van der Waals surface area contributed by atoms with E-state index in [4.69, 9.17) is 23.2 Å². The number of halogens is 2. The van der Waals surface area contributed by atoms with Crippen LogP contribution in [0.2, 0.25) is 10.0 Å². The largest absolute Gasteiger partial charge is 0.299 e. The molecule has 1 atom stereocenters. The molecule has 7 heteroatoms. The summed E-state index contributed by atoms with van der Waals surface area (Å²) in [5.74, 6) is -0.357. The van der Waals surface area contributed by atoms with Crippen LogP contribution in [0.25, 0.3) is 0 Å². The Hall–Kier alpha value is -1.46. The zero-order chi connectivity index (χ0) is 12.4. The summed E-state index contributed by atoms with van der Waals surface area (Å²) in [7, 11) is 0. The fourth-order valence-corrected chi connectivity index (χ4v) is 1.86. The zero-order valence-electron chi connectivity index (χ0n) is 8.82. The molecule has 2 aromatic rings. The molecule has 0 amide bonds. The van der Waals surface area contributed by atoms with E-state index in [0.29, 0.717) is 21.4 Å². The number of hydrogen-bond acceptors (Lipinski definition) is 4. The van der Waals surface area contributed by atoms with Crippen LogP contribution in [0.3, 0.4) is 0 Å². The monoisotopic (exact) mass is 270 g/mol. The van der Waals surface area contributed by atoms with Crippen LogP contribution in [0, 0.1) is 0 Å². The number of benzene rings is 1. The topological polar surface area (TPSA) is 71.5 Å². The van der Waals surface area contributed by atoms with Gasteiger partial charge in [0.2, 0.25) is 0 Å². The van der Waals surface area contributed by atoms with Gasteiger partial charge in [0.15, 0.2) is 5.82 Å². The maximum atomic E-state index is 11.6. The first-order valence-corrected chi connectivity index (χ1v) is 5.54. The van der Waals surface area contributed by atoms with Crippen LogP contribution in [0.5, 0.6) is 0 Å². The Morgan fingerprint density at radius 1 is 1.35 bits per heavy atom. The number of H-pyrrole nitrogens is 1. The fraction of sp³-hybridized carbons (Fsp3) is 0.200. The number of aromatic amines is 1. The van der Waals surface area contributed by atoms with Crippen LogP contribution in [0.1, 0.15) is 24.2 Å². The minimum atomic E-state index is -0.580. The van der Waals surface area contributed by atoms with Crippen molar-refractivity contribution in [3.8, 4) is 0 Å². The van der Waals surface area contributed by atoms with Gasteiger partial charge in [0, 0.05) is 0 Å². The summed E-state index contributed by atoms with van der Waals surface area (Å²) in [4.78, 5) is 11.6. The molecular formula is C10H8Cl2N4O. The minimum absolute atomic E-state index is 0.0928. The van der Waals surface area contributed by atoms with Gasteiger partial charge in [-0.1, -0.05) is 34.5 Å². The average molecular weight is 271 g/mol. The predicted octanol–water partition coefficient (Wildman–Crippen LogP) is 2.23. The quantitative estimate of drug-likeness (QED) is 0.929. The maximum Gasteiger partial charge on any atom is 0.189 e. The van der Waals surface area contributed by atoms with E-state index in [1.165, 1.54) is 6.92 Å². The Kier molecular flexibility index (Phi) is 3.40. The predicted molar refractivity (Wildman–Crippen MR) is 63.2 cm³/mol. The molecule has 17 heavy (non-hydrogen) atoms. The van der Waals surface area contributed by atoms with E-state index in [2.05, 4.69) is 20.6 Å². The van der Waals surface area contributed by atoms with Crippen LogP contribution in [-0.2, 0) is 4.79 Å². The standard InChI is InChI=1S/C10H8Cl2N4O/c1-5(17)9(10-13-15-16-14-10)6-2-3-7(11)8(12)4-6/h2-4,9H,1H3,(H,13,14,15,16). The van der Waals surface area contributed by atoms with Crippen molar-refractivity contribution in [1.29, 1.82) is 0 Å². The molecule has 88 valence electrons. The summed E-state index contributed by atoms with van der Waals surface area (Å²) in [5.41, 5.74) is 0.688. The number of tetrazole rings is 1. The Balaban J connectivity index is 2.47. The van der Waals surface area contributed by atoms with E-state index in [-0.39, 0.29) is 5.78 Å². The second-order valence-electron chi connectivity index (χ2n) is 3.49. The Morgan fingerprint density at radius 2 is 2.12 bits per heavy atom. The second kappa shape index (κ2) is 4.81. The van der Waals surface area contributed by atoms with Gasteiger partial charge in [0.1, 0.15) is 11.7 Å². The van der Waals surface area contributed by atoms with Gasteiger partial charge in [-0.15, -0.1) is 10.2 Å². The number of ketones is 1. The normalized spacial score (nSPS) is 12.4. The van der Waals surface area contributed by atoms with Gasteiger partial charge in [-0.25, -0.2) is 0 Å². The molecule has 0 bridgehead atoms. The molecule has 1 aromatic heterocycles. The van der Waals surface area contributed by atoms with Crippen molar-refractivity contribution in [3.05, 3.63) is 39.6 Å². The van der Waals surface area contributed by atoms with Crippen LogP contribution in [-0.4, -0.2) is 26.4 Å². The van der Waals surface area contributed by atoms with Gasteiger partial charge in [0.25, 0.3) is 0 Å².